The predicted octanol–water partition coefficient (Wildman–Crippen LogP) is 2.32. The van der Waals surface area contributed by atoms with E-state index in [1.54, 1.807) is 16.2 Å². The summed E-state index contributed by atoms with van der Waals surface area (Å²) in [6, 6.07) is 3.84. The largest absolute Gasteiger partial charge is 0.481 e. The first kappa shape index (κ1) is 13.9. The van der Waals surface area contributed by atoms with E-state index in [1.807, 2.05) is 24.4 Å². The standard InChI is InChI=1S/C13H18N2O3S/c1-9(11-3-2-6-19-11)14-13(18)15-5-4-10(8-15)7-12(16)17/h2-3,6,9-10H,4-5,7-8H2,1H3,(H,14,18)(H,16,17). The van der Waals surface area contributed by atoms with Crippen LogP contribution in [0.15, 0.2) is 17.5 Å². The van der Waals surface area contributed by atoms with Crippen LogP contribution in [0, 0.1) is 5.92 Å². The van der Waals surface area contributed by atoms with E-state index in [4.69, 9.17) is 5.11 Å². The minimum Gasteiger partial charge on any atom is -0.481 e. The van der Waals surface area contributed by atoms with Gasteiger partial charge in [0.05, 0.1) is 6.04 Å². The number of carbonyl (C=O) groups excluding carboxylic acids is 1. The summed E-state index contributed by atoms with van der Waals surface area (Å²) in [5.41, 5.74) is 0. The summed E-state index contributed by atoms with van der Waals surface area (Å²) in [4.78, 5) is 25.5. The van der Waals surface area contributed by atoms with Crippen LogP contribution in [-0.2, 0) is 4.79 Å². The van der Waals surface area contributed by atoms with Crippen molar-refractivity contribution in [3.8, 4) is 0 Å². The highest BCUT2D eigenvalue weighted by Crippen LogP contribution is 2.22. The quantitative estimate of drug-likeness (QED) is 0.890. The van der Waals surface area contributed by atoms with Crippen LogP contribution < -0.4 is 5.32 Å². The van der Waals surface area contributed by atoms with Crippen LogP contribution in [-0.4, -0.2) is 35.1 Å². The Balaban J connectivity index is 1.83. The number of likely N-dealkylation sites (tertiary alicyclic amines) is 1. The monoisotopic (exact) mass is 282 g/mol. The second kappa shape index (κ2) is 6.06. The third kappa shape index (κ3) is 3.70. The molecule has 1 aliphatic heterocycles. The van der Waals surface area contributed by atoms with Gasteiger partial charge in [-0.05, 0) is 30.7 Å². The Labute approximate surface area is 116 Å². The second-order valence-corrected chi connectivity index (χ2v) is 5.86. The van der Waals surface area contributed by atoms with Gasteiger partial charge in [-0.15, -0.1) is 11.3 Å². The lowest BCUT2D eigenvalue weighted by atomic mass is 10.1. The Kier molecular flexibility index (Phi) is 4.42. The fraction of sp³-hybridized carbons (Fsp3) is 0.538. The Bertz CT molecular complexity index is 447. The summed E-state index contributed by atoms with van der Waals surface area (Å²) >= 11 is 1.61. The van der Waals surface area contributed by atoms with Crippen LogP contribution in [0.25, 0.3) is 0 Å². The first-order valence-electron chi connectivity index (χ1n) is 6.37. The number of carboxylic acid groups (broad SMARTS) is 1. The zero-order valence-corrected chi connectivity index (χ0v) is 11.7. The number of rotatable bonds is 4. The molecule has 0 spiro atoms. The van der Waals surface area contributed by atoms with E-state index in [0.29, 0.717) is 13.1 Å². The Hall–Kier alpha value is -1.56. The van der Waals surface area contributed by atoms with Crippen LogP contribution in [0.2, 0.25) is 0 Å². The summed E-state index contributed by atoms with van der Waals surface area (Å²) in [6.45, 7) is 3.13. The van der Waals surface area contributed by atoms with Crippen molar-refractivity contribution in [2.45, 2.75) is 25.8 Å². The SMILES string of the molecule is CC(NC(=O)N1CCC(CC(=O)O)C1)c1cccs1. The highest BCUT2D eigenvalue weighted by atomic mass is 32.1. The van der Waals surface area contributed by atoms with Gasteiger partial charge in [0.25, 0.3) is 0 Å². The average molecular weight is 282 g/mol. The van der Waals surface area contributed by atoms with Crippen LogP contribution in [0.4, 0.5) is 4.79 Å². The smallest absolute Gasteiger partial charge is 0.317 e. The molecule has 2 unspecified atom stereocenters. The number of hydrogen-bond acceptors (Lipinski definition) is 3. The Morgan fingerprint density at radius 2 is 2.42 bits per heavy atom. The van der Waals surface area contributed by atoms with Gasteiger partial charge in [-0.2, -0.15) is 0 Å². The summed E-state index contributed by atoms with van der Waals surface area (Å²) in [5.74, 6) is -0.709. The Morgan fingerprint density at radius 3 is 3.05 bits per heavy atom. The van der Waals surface area contributed by atoms with Crippen LogP contribution in [0.1, 0.15) is 30.7 Å². The minimum absolute atomic E-state index is 0.00831. The molecule has 0 radical (unpaired) electrons. The average Bonchev–Trinajstić information content (AvgIpc) is 2.97. The summed E-state index contributed by atoms with van der Waals surface area (Å²) < 4.78 is 0. The van der Waals surface area contributed by atoms with Crippen molar-refractivity contribution < 1.29 is 14.7 Å². The highest BCUT2D eigenvalue weighted by molar-refractivity contribution is 7.10. The summed E-state index contributed by atoms with van der Waals surface area (Å²) in [6.07, 6.45) is 0.914. The maximum absolute atomic E-state index is 12.1. The second-order valence-electron chi connectivity index (χ2n) is 4.89. The molecule has 1 saturated heterocycles. The minimum atomic E-state index is -0.792. The molecule has 2 rings (SSSR count). The number of hydrogen-bond donors (Lipinski definition) is 2. The maximum atomic E-state index is 12.1. The maximum Gasteiger partial charge on any atom is 0.317 e. The van der Waals surface area contributed by atoms with Crippen molar-refractivity contribution in [3.05, 3.63) is 22.4 Å². The highest BCUT2D eigenvalue weighted by Gasteiger charge is 2.28. The van der Waals surface area contributed by atoms with Crippen molar-refractivity contribution >= 4 is 23.3 Å². The van der Waals surface area contributed by atoms with Crippen LogP contribution in [0.5, 0.6) is 0 Å². The third-order valence-electron chi connectivity index (χ3n) is 3.35. The molecule has 2 N–H and O–H groups in total. The van der Waals surface area contributed by atoms with Crippen molar-refractivity contribution in [2.24, 2.45) is 5.92 Å². The van der Waals surface area contributed by atoms with Gasteiger partial charge in [-0.25, -0.2) is 4.79 Å². The molecule has 0 aromatic carbocycles. The molecule has 0 saturated carbocycles. The molecule has 104 valence electrons. The van der Waals surface area contributed by atoms with E-state index >= 15 is 0 Å². The summed E-state index contributed by atoms with van der Waals surface area (Å²) in [5, 5.41) is 13.7. The first-order valence-corrected chi connectivity index (χ1v) is 7.25. The van der Waals surface area contributed by atoms with Gasteiger partial charge < -0.3 is 15.3 Å². The van der Waals surface area contributed by atoms with Gasteiger partial charge in [-0.1, -0.05) is 6.07 Å². The zero-order valence-electron chi connectivity index (χ0n) is 10.8. The van der Waals surface area contributed by atoms with Crippen molar-refractivity contribution in [1.82, 2.24) is 10.2 Å². The first-order chi connectivity index (χ1) is 9.06. The summed E-state index contributed by atoms with van der Waals surface area (Å²) in [7, 11) is 0. The third-order valence-corrected chi connectivity index (χ3v) is 4.40. The molecular formula is C13H18N2O3S. The van der Waals surface area contributed by atoms with E-state index in [9.17, 15) is 9.59 Å². The number of aliphatic carboxylic acids is 1. The molecular weight excluding hydrogens is 264 g/mol. The van der Waals surface area contributed by atoms with E-state index in [1.165, 1.54) is 0 Å². The number of carbonyl (C=O) groups is 2. The van der Waals surface area contributed by atoms with Gasteiger partial charge in [0, 0.05) is 24.4 Å². The number of nitrogens with zero attached hydrogens (tertiary/aromatic N) is 1. The molecule has 0 bridgehead atoms. The van der Waals surface area contributed by atoms with Crippen molar-refractivity contribution in [3.63, 3.8) is 0 Å². The predicted molar refractivity (Wildman–Crippen MR) is 73.2 cm³/mol. The molecule has 2 amide bonds. The number of urea groups is 1. The van der Waals surface area contributed by atoms with Gasteiger partial charge in [0.2, 0.25) is 0 Å². The molecule has 1 aliphatic rings. The van der Waals surface area contributed by atoms with Gasteiger partial charge in [0.1, 0.15) is 0 Å². The molecule has 19 heavy (non-hydrogen) atoms. The van der Waals surface area contributed by atoms with E-state index in [0.717, 1.165) is 11.3 Å². The number of thiophene rings is 1. The van der Waals surface area contributed by atoms with E-state index in [-0.39, 0.29) is 24.4 Å². The fourth-order valence-electron chi connectivity index (χ4n) is 2.32. The molecule has 2 heterocycles. The van der Waals surface area contributed by atoms with Gasteiger partial charge in [-0.3, -0.25) is 4.79 Å². The lowest BCUT2D eigenvalue weighted by molar-refractivity contribution is -0.138. The number of amides is 2. The molecule has 5 nitrogen and oxygen atoms in total. The van der Waals surface area contributed by atoms with Crippen molar-refractivity contribution in [1.29, 1.82) is 0 Å². The molecule has 1 fully saturated rings. The molecule has 6 heteroatoms. The topological polar surface area (TPSA) is 69.6 Å². The van der Waals surface area contributed by atoms with E-state index < -0.39 is 5.97 Å². The Morgan fingerprint density at radius 1 is 1.63 bits per heavy atom. The molecule has 2 atom stereocenters. The normalized spacial score (nSPS) is 20.3. The van der Waals surface area contributed by atoms with Crippen molar-refractivity contribution in [2.75, 3.05) is 13.1 Å². The lowest BCUT2D eigenvalue weighted by Gasteiger charge is -2.20. The zero-order chi connectivity index (χ0) is 13.8. The molecule has 0 aliphatic carbocycles. The fourth-order valence-corrected chi connectivity index (χ4v) is 3.05. The lowest BCUT2D eigenvalue weighted by Crippen LogP contribution is -2.39. The van der Waals surface area contributed by atoms with Crippen LogP contribution >= 0.6 is 11.3 Å². The number of carboxylic acids is 1. The van der Waals surface area contributed by atoms with E-state index in [2.05, 4.69) is 5.32 Å². The van der Waals surface area contributed by atoms with Crippen LogP contribution in [0.3, 0.4) is 0 Å². The molecule has 1 aromatic heterocycles. The van der Waals surface area contributed by atoms with Gasteiger partial charge >= 0.3 is 12.0 Å². The van der Waals surface area contributed by atoms with Gasteiger partial charge in [0.15, 0.2) is 0 Å². The number of nitrogens with one attached hydrogen (secondary N) is 1. The molecule has 1 aromatic rings.